The normalized spacial score (nSPS) is 19.6. The number of amides is 2. The minimum Gasteiger partial charge on any atom is -0.348 e. The van der Waals surface area contributed by atoms with Crippen LogP contribution in [0.2, 0.25) is 0 Å². The quantitative estimate of drug-likeness (QED) is 0.752. The Morgan fingerprint density at radius 2 is 1.07 bits per heavy atom. The van der Waals surface area contributed by atoms with E-state index < -0.39 is 0 Å². The van der Waals surface area contributed by atoms with Crippen LogP contribution in [-0.4, -0.2) is 23.9 Å². The van der Waals surface area contributed by atoms with Crippen LogP contribution in [0.15, 0.2) is 72.8 Å². The van der Waals surface area contributed by atoms with Crippen LogP contribution in [0.5, 0.6) is 0 Å². The van der Waals surface area contributed by atoms with Gasteiger partial charge in [-0.3, -0.25) is 9.59 Å². The smallest absolute Gasteiger partial charge is 0.244 e. The topological polar surface area (TPSA) is 58.2 Å². The molecule has 0 heterocycles. The molecule has 4 nitrogen and oxygen atoms in total. The van der Waals surface area contributed by atoms with Gasteiger partial charge in [0.2, 0.25) is 11.8 Å². The molecule has 0 bridgehead atoms. The number of carbonyl (C=O) groups excluding carboxylic acids is 2. The van der Waals surface area contributed by atoms with Crippen molar-refractivity contribution in [2.45, 2.75) is 37.8 Å². The van der Waals surface area contributed by atoms with E-state index in [9.17, 15) is 9.59 Å². The molecule has 28 heavy (non-hydrogen) atoms. The second kappa shape index (κ2) is 10.3. The lowest BCUT2D eigenvalue weighted by molar-refractivity contribution is -0.120. The van der Waals surface area contributed by atoms with Crippen molar-refractivity contribution in [1.29, 1.82) is 0 Å². The number of hydrogen-bond acceptors (Lipinski definition) is 2. The molecule has 2 amide bonds. The molecule has 1 fully saturated rings. The first-order valence-electron chi connectivity index (χ1n) is 9.78. The van der Waals surface area contributed by atoms with Crippen LogP contribution in [0.4, 0.5) is 0 Å². The van der Waals surface area contributed by atoms with Crippen molar-refractivity contribution in [3.63, 3.8) is 0 Å². The lowest BCUT2D eigenvalue weighted by Crippen LogP contribution is -2.52. The fourth-order valence-electron chi connectivity index (χ4n) is 3.41. The van der Waals surface area contributed by atoms with Gasteiger partial charge < -0.3 is 10.6 Å². The van der Waals surface area contributed by atoms with Gasteiger partial charge in [0.25, 0.3) is 0 Å². The molecule has 0 aromatic heterocycles. The highest BCUT2D eigenvalue weighted by Gasteiger charge is 2.26. The third-order valence-electron chi connectivity index (χ3n) is 4.87. The van der Waals surface area contributed by atoms with Crippen molar-refractivity contribution in [3.8, 4) is 0 Å². The zero-order valence-electron chi connectivity index (χ0n) is 15.9. The molecule has 0 spiro atoms. The Kier molecular flexibility index (Phi) is 7.19. The molecule has 2 N–H and O–H groups in total. The van der Waals surface area contributed by atoms with Crippen LogP contribution in [-0.2, 0) is 9.59 Å². The monoisotopic (exact) mass is 374 g/mol. The number of nitrogens with one attached hydrogen (secondary N) is 2. The Bertz CT molecular complexity index is 757. The minimum atomic E-state index is -0.130. The number of carbonyl (C=O) groups is 2. The lowest BCUT2D eigenvalue weighted by Gasteiger charge is -2.32. The van der Waals surface area contributed by atoms with E-state index in [4.69, 9.17) is 0 Å². The molecule has 144 valence electrons. The standard InChI is InChI=1S/C24H26N2O2/c27-23(17-15-19-9-3-1-4-10-19)25-21-13-7-8-14-22(21)26-24(28)18-16-20-11-5-2-6-12-20/h1-6,9-12,15-18,21-22H,7-8,13-14H2,(H,25,27)(H,26,28)/t21-,22-/m0/s1. The van der Waals surface area contributed by atoms with E-state index in [1.54, 1.807) is 24.3 Å². The third kappa shape index (κ3) is 6.23. The van der Waals surface area contributed by atoms with Crippen LogP contribution in [0.3, 0.4) is 0 Å². The molecule has 1 saturated carbocycles. The molecule has 2 atom stereocenters. The van der Waals surface area contributed by atoms with E-state index in [1.165, 1.54) is 0 Å². The molecule has 2 aromatic carbocycles. The van der Waals surface area contributed by atoms with E-state index in [-0.39, 0.29) is 23.9 Å². The molecular formula is C24H26N2O2. The summed E-state index contributed by atoms with van der Waals surface area (Å²) in [5, 5.41) is 6.11. The molecule has 0 aliphatic heterocycles. The van der Waals surface area contributed by atoms with Crippen molar-refractivity contribution < 1.29 is 9.59 Å². The van der Waals surface area contributed by atoms with E-state index in [1.807, 2.05) is 60.7 Å². The Morgan fingerprint density at radius 3 is 1.46 bits per heavy atom. The Labute approximate surface area is 166 Å². The van der Waals surface area contributed by atoms with Crippen LogP contribution in [0.25, 0.3) is 12.2 Å². The second-order valence-corrected chi connectivity index (χ2v) is 7.00. The fraction of sp³-hybridized carbons (Fsp3) is 0.250. The Morgan fingerprint density at radius 1 is 0.679 bits per heavy atom. The highest BCUT2D eigenvalue weighted by molar-refractivity contribution is 5.93. The van der Waals surface area contributed by atoms with E-state index in [0.29, 0.717) is 0 Å². The Hall–Kier alpha value is -3.14. The zero-order valence-corrected chi connectivity index (χ0v) is 15.9. The molecule has 1 aliphatic carbocycles. The van der Waals surface area contributed by atoms with Gasteiger partial charge in [-0.15, -0.1) is 0 Å². The maximum Gasteiger partial charge on any atom is 0.244 e. The first-order chi connectivity index (χ1) is 13.7. The summed E-state index contributed by atoms with van der Waals surface area (Å²) in [5.41, 5.74) is 1.97. The summed E-state index contributed by atoms with van der Waals surface area (Å²) in [6.45, 7) is 0. The van der Waals surface area contributed by atoms with Gasteiger partial charge in [-0.2, -0.15) is 0 Å². The van der Waals surface area contributed by atoms with Crippen LogP contribution < -0.4 is 10.6 Å². The summed E-state index contributed by atoms with van der Waals surface area (Å²) in [7, 11) is 0. The SMILES string of the molecule is O=C(C=Cc1ccccc1)N[C@H]1CCCC[C@@H]1NC(=O)C=Cc1ccccc1. The molecule has 0 saturated heterocycles. The first-order valence-corrected chi connectivity index (χ1v) is 9.78. The molecule has 0 unspecified atom stereocenters. The van der Waals surface area contributed by atoms with Gasteiger partial charge in [0.15, 0.2) is 0 Å². The van der Waals surface area contributed by atoms with Gasteiger partial charge in [-0.05, 0) is 36.1 Å². The van der Waals surface area contributed by atoms with Crippen LogP contribution in [0, 0.1) is 0 Å². The predicted octanol–water partition coefficient (Wildman–Crippen LogP) is 3.96. The van der Waals surface area contributed by atoms with E-state index >= 15 is 0 Å². The second-order valence-electron chi connectivity index (χ2n) is 7.00. The maximum absolute atomic E-state index is 12.3. The van der Waals surface area contributed by atoms with Crippen LogP contribution in [0.1, 0.15) is 36.8 Å². The van der Waals surface area contributed by atoms with Crippen LogP contribution >= 0.6 is 0 Å². The third-order valence-corrected chi connectivity index (χ3v) is 4.87. The summed E-state index contributed by atoms with van der Waals surface area (Å²) in [4.78, 5) is 24.6. The fourth-order valence-corrected chi connectivity index (χ4v) is 3.41. The van der Waals surface area contributed by atoms with E-state index in [2.05, 4.69) is 10.6 Å². The van der Waals surface area contributed by atoms with Gasteiger partial charge >= 0.3 is 0 Å². The summed E-state index contributed by atoms with van der Waals surface area (Å²) in [5.74, 6) is -0.260. The summed E-state index contributed by atoms with van der Waals surface area (Å²) in [6, 6.07) is 19.4. The molecule has 3 rings (SSSR count). The number of benzene rings is 2. The lowest BCUT2D eigenvalue weighted by atomic mass is 9.90. The van der Waals surface area contributed by atoms with Gasteiger partial charge in [-0.25, -0.2) is 0 Å². The Balaban J connectivity index is 1.54. The number of hydrogen-bond donors (Lipinski definition) is 2. The number of rotatable bonds is 6. The highest BCUT2D eigenvalue weighted by Crippen LogP contribution is 2.19. The first kappa shape index (κ1) is 19.6. The predicted molar refractivity (Wildman–Crippen MR) is 113 cm³/mol. The van der Waals surface area contributed by atoms with Crippen molar-refractivity contribution >= 4 is 24.0 Å². The summed E-state index contributed by atoms with van der Waals surface area (Å²) < 4.78 is 0. The summed E-state index contributed by atoms with van der Waals surface area (Å²) in [6.07, 6.45) is 10.6. The molecular weight excluding hydrogens is 348 g/mol. The van der Waals surface area contributed by atoms with Gasteiger partial charge in [0.05, 0.1) is 0 Å². The molecule has 1 aliphatic rings. The molecule has 2 aromatic rings. The van der Waals surface area contributed by atoms with Crippen molar-refractivity contribution in [3.05, 3.63) is 83.9 Å². The zero-order chi connectivity index (χ0) is 19.6. The largest absolute Gasteiger partial charge is 0.348 e. The van der Waals surface area contributed by atoms with Gasteiger partial charge in [-0.1, -0.05) is 73.5 Å². The maximum atomic E-state index is 12.3. The van der Waals surface area contributed by atoms with Crippen molar-refractivity contribution in [1.82, 2.24) is 10.6 Å². The molecule has 0 radical (unpaired) electrons. The van der Waals surface area contributed by atoms with Gasteiger partial charge in [0.1, 0.15) is 0 Å². The average molecular weight is 374 g/mol. The average Bonchev–Trinajstić information content (AvgIpc) is 2.74. The van der Waals surface area contributed by atoms with E-state index in [0.717, 1.165) is 36.8 Å². The highest BCUT2D eigenvalue weighted by atomic mass is 16.2. The molecule has 4 heteroatoms. The van der Waals surface area contributed by atoms with Crippen molar-refractivity contribution in [2.24, 2.45) is 0 Å². The summed E-state index contributed by atoms with van der Waals surface area (Å²) >= 11 is 0. The minimum absolute atomic E-state index is 0.0456. The van der Waals surface area contributed by atoms with Crippen molar-refractivity contribution in [2.75, 3.05) is 0 Å². The van der Waals surface area contributed by atoms with Gasteiger partial charge in [0, 0.05) is 24.2 Å².